The maximum Gasteiger partial charge on any atom is 0.317 e. The van der Waals surface area contributed by atoms with Crippen molar-refractivity contribution in [3.8, 4) is 0 Å². The van der Waals surface area contributed by atoms with Crippen molar-refractivity contribution in [2.45, 2.75) is 19.4 Å². The lowest BCUT2D eigenvalue weighted by Gasteiger charge is -2.22. The van der Waals surface area contributed by atoms with Gasteiger partial charge in [-0.05, 0) is 23.6 Å². The number of carbonyl (C=O) groups is 2. The predicted octanol–water partition coefficient (Wildman–Crippen LogP) is 2.81. The molecule has 0 aliphatic carbocycles. The summed E-state index contributed by atoms with van der Waals surface area (Å²) in [5, 5.41) is 2.92. The molecule has 1 aliphatic rings. The van der Waals surface area contributed by atoms with E-state index in [4.69, 9.17) is 0 Å². The van der Waals surface area contributed by atoms with Gasteiger partial charge in [0.2, 0.25) is 5.91 Å². The summed E-state index contributed by atoms with van der Waals surface area (Å²) in [4.78, 5) is 28.4. The number of amides is 3. The standard InChI is InChI=1S/C21H24FN3O2/c22-19-10-5-4-9-18(19)15-20(26)24-11-6-12-25(14-13-24)21(27)23-16-17-7-2-1-3-8-17/h1-5,7-10H,6,11-16H2,(H,23,27). The van der Waals surface area contributed by atoms with Gasteiger partial charge >= 0.3 is 6.03 Å². The summed E-state index contributed by atoms with van der Waals surface area (Å²) in [5.74, 6) is -0.464. The van der Waals surface area contributed by atoms with Crippen molar-refractivity contribution in [2.24, 2.45) is 0 Å². The van der Waals surface area contributed by atoms with Gasteiger partial charge < -0.3 is 15.1 Å². The number of hydrogen-bond acceptors (Lipinski definition) is 2. The largest absolute Gasteiger partial charge is 0.341 e. The van der Waals surface area contributed by atoms with Crippen LogP contribution >= 0.6 is 0 Å². The van der Waals surface area contributed by atoms with Crippen LogP contribution in [0.3, 0.4) is 0 Å². The zero-order valence-corrected chi connectivity index (χ0v) is 15.2. The molecule has 3 amide bonds. The van der Waals surface area contributed by atoms with E-state index in [2.05, 4.69) is 5.32 Å². The third-order valence-electron chi connectivity index (χ3n) is 4.72. The summed E-state index contributed by atoms with van der Waals surface area (Å²) < 4.78 is 13.8. The minimum Gasteiger partial charge on any atom is -0.341 e. The van der Waals surface area contributed by atoms with E-state index >= 15 is 0 Å². The molecule has 142 valence electrons. The average molecular weight is 369 g/mol. The van der Waals surface area contributed by atoms with E-state index in [1.807, 2.05) is 30.3 Å². The Morgan fingerprint density at radius 1 is 0.889 bits per heavy atom. The molecule has 1 fully saturated rings. The summed E-state index contributed by atoms with van der Waals surface area (Å²) in [5.41, 5.74) is 1.45. The zero-order valence-electron chi connectivity index (χ0n) is 15.2. The van der Waals surface area contributed by atoms with Crippen molar-refractivity contribution in [3.05, 3.63) is 71.5 Å². The SMILES string of the molecule is O=C(Cc1ccccc1F)N1CCCN(C(=O)NCc2ccccc2)CC1. The van der Waals surface area contributed by atoms with E-state index in [9.17, 15) is 14.0 Å². The van der Waals surface area contributed by atoms with Crippen LogP contribution in [0.5, 0.6) is 0 Å². The van der Waals surface area contributed by atoms with Crippen LogP contribution in [0.4, 0.5) is 9.18 Å². The molecule has 0 aromatic heterocycles. The second-order valence-corrected chi connectivity index (χ2v) is 6.63. The quantitative estimate of drug-likeness (QED) is 0.901. The van der Waals surface area contributed by atoms with E-state index in [-0.39, 0.29) is 24.2 Å². The Kier molecular flexibility index (Phi) is 6.41. The highest BCUT2D eigenvalue weighted by atomic mass is 19.1. The van der Waals surface area contributed by atoms with E-state index < -0.39 is 0 Å². The number of halogens is 1. The van der Waals surface area contributed by atoms with Crippen LogP contribution < -0.4 is 5.32 Å². The molecule has 5 nitrogen and oxygen atoms in total. The monoisotopic (exact) mass is 369 g/mol. The second-order valence-electron chi connectivity index (χ2n) is 6.63. The molecule has 0 radical (unpaired) electrons. The number of rotatable bonds is 4. The van der Waals surface area contributed by atoms with Crippen molar-refractivity contribution in [2.75, 3.05) is 26.2 Å². The van der Waals surface area contributed by atoms with Crippen molar-refractivity contribution in [3.63, 3.8) is 0 Å². The highest BCUT2D eigenvalue weighted by molar-refractivity contribution is 5.79. The first-order chi connectivity index (χ1) is 13.1. The van der Waals surface area contributed by atoms with Gasteiger partial charge in [-0.1, -0.05) is 48.5 Å². The highest BCUT2D eigenvalue weighted by Gasteiger charge is 2.22. The summed E-state index contributed by atoms with van der Waals surface area (Å²) in [6, 6.07) is 16.0. The van der Waals surface area contributed by atoms with Crippen LogP contribution in [0.2, 0.25) is 0 Å². The molecule has 3 rings (SSSR count). The van der Waals surface area contributed by atoms with Gasteiger partial charge in [0, 0.05) is 32.7 Å². The Morgan fingerprint density at radius 2 is 1.56 bits per heavy atom. The third-order valence-corrected chi connectivity index (χ3v) is 4.72. The molecule has 27 heavy (non-hydrogen) atoms. The van der Waals surface area contributed by atoms with E-state index in [1.54, 1.807) is 28.0 Å². The van der Waals surface area contributed by atoms with Gasteiger partial charge in [0.15, 0.2) is 0 Å². The smallest absolute Gasteiger partial charge is 0.317 e. The van der Waals surface area contributed by atoms with Crippen molar-refractivity contribution in [1.82, 2.24) is 15.1 Å². The Hall–Kier alpha value is -2.89. The van der Waals surface area contributed by atoms with Crippen LogP contribution in [0.1, 0.15) is 17.5 Å². The zero-order chi connectivity index (χ0) is 19.1. The molecule has 0 atom stereocenters. The summed E-state index contributed by atoms with van der Waals surface area (Å²) in [7, 11) is 0. The average Bonchev–Trinajstić information content (AvgIpc) is 2.95. The Morgan fingerprint density at radius 3 is 2.33 bits per heavy atom. The van der Waals surface area contributed by atoms with Crippen LogP contribution in [-0.2, 0) is 17.8 Å². The van der Waals surface area contributed by atoms with Crippen molar-refractivity contribution >= 4 is 11.9 Å². The number of urea groups is 1. The summed E-state index contributed by atoms with van der Waals surface area (Å²) in [6.07, 6.45) is 0.759. The molecule has 1 aliphatic heterocycles. The molecule has 1 saturated heterocycles. The molecular formula is C21H24FN3O2. The van der Waals surface area contributed by atoms with E-state index in [0.717, 1.165) is 5.56 Å². The van der Waals surface area contributed by atoms with E-state index in [1.165, 1.54) is 6.07 Å². The molecule has 6 heteroatoms. The van der Waals surface area contributed by atoms with E-state index in [0.29, 0.717) is 44.7 Å². The van der Waals surface area contributed by atoms with Crippen LogP contribution in [0.15, 0.2) is 54.6 Å². The van der Waals surface area contributed by atoms with Crippen LogP contribution in [-0.4, -0.2) is 47.9 Å². The molecular weight excluding hydrogens is 345 g/mol. The summed E-state index contributed by atoms with van der Waals surface area (Å²) in [6.45, 7) is 2.60. The fourth-order valence-electron chi connectivity index (χ4n) is 3.17. The lowest BCUT2D eigenvalue weighted by Crippen LogP contribution is -2.42. The van der Waals surface area contributed by atoms with Crippen LogP contribution in [0.25, 0.3) is 0 Å². The lowest BCUT2D eigenvalue weighted by atomic mass is 10.1. The fraction of sp³-hybridized carbons (Fsp3) is 0.333. The molecule has 0 unspecified atom stereocenters. The van der Waals surface area contributed by atoms with Gasteiger partial charge in [0.05, 0.1) is 6.42 Å². The summed E-state index contributed by atoms with van der Waals surface area (Å²) >= 11 is 0. The van der Waals surface area contributed by atoms with Crippen molar-refractivity contribution in [1.29, 1.82) is 0 Å². The predicted molar refractivity (Wildman–Crippen MR) is 102 cm³/mol. The minimum atomic E-state index is -0.359. The number of hydrogen-bond donors (Lipinski definition) is 1. The maximum absolute atomic E-state index is 13.8. The lowest BCUT2D eigenvalue weighted by molar-refractivity contribution is -0.130. The Bertz CT molecular complexity index is 782. The maximum atomic E-state index is 13.8. The second kappa shape index (κ2) is 9.16. The van der Waals surface area contributed by atoms with Gasteiger partial charge in [-0.25, -0.2) is 9.18 Å². The van der Waals surface area contributed by atoms with Crippen LogP contribution in [0, 0.1) is 5.82 Å². The van der Waals surface area contributed by atoms with Crippen molar-refractivity contribution < 1.29 is 14.0 Å². The molecule has 0 spiro atoms. The molecule has 0 bridgehead atoms. The molecule has 1 heterocycles. The molecule has 2 aromatic carbocycles. The molecule has 2 aromatic rings. The van der Waals surface area contributed by atoms with Gasteiger partial charge in [0.25, 0.3) is 0 Å². The number of nitrogens with one attached hydrogen (secondary N) is 1. The van der Waals surface area contributed by atoms with Gasteiger partial charge in [-0.15, -0.1) is 0 Å². The fourth-order valence-corrected chi connectivity index (χ4v) is 3.17. The minimum absolute atomic E-state index is 0.0485. The normalized spacial score (nSPS) is 14.6. The topological polar surface area (TPSA) is 52.7 Å². The van der Waals surface area contributed by atoms with Gasteiger partial charge in [0.1, 0.15) is 5.82 Å². The van der Waals surface area contributed by atoms with Gasteiger partial charge in [-0.3, -0.25) is 4.79 Å². The van der Waals surface area contributed by atoms with Gasteiger partial charge in [-0.2, -0.15) is 0 Å². The third kappa shape index (κ3) is 5.29. The Labute approximate surface area is 158 Å². The molecule has 0 saturated carbocycles. The molecule has 1 N–H and O–H groups in total. The highest BCUT2D eigenvalue weighted by Crippen LogP contribution is 2.11. The number of nitrogens with zero attached hydrogens (tertiary/aromatic N) is 2. The first-order valence-electron chi connectivity index (χ1n) is 9.21. The number of benzene rings is 2. The first kappa shape index (κ1) is 18.9. The first-order valence-corrected chi connectivity index (χ1v) is 9.21. The Balaban J connectivity index is 1.50. The number of carbonyl (C=O) groups excluding carboxylic acids is 2.